The molecule has 50 valence electrons. The molecule has 2 aromatic rings. The highest BCUT2D eigenvalue weighted by molar-refractivity contribution is 7.12. The van der Waals surface area contributed by atoms with E-state index in [2.05, 4.69) is 9.59 Å². The number of aromatic nitrogens is 2. The van der Waals surface area contributed by atoms with E-state index in [1.165, 1.54) is 11.5 Å². The Morgan fingerprint density at radius 2 is 2.30 bits per heavy atom. The van der Waals surface area contributed by atoms with Gasteiger partial charge in [-0.15, -0.1) is 5.10 Å². The van der Waals surface area contributed by atoms with Gasteiger partial charge in [-0.2, -0.15) is 0 Å². The third-order valence-electron chi connectivity index (χ3n) is 1.21. The van der Waals surface area contributed by atoms with Crippen LogP contribution in [0.25, 0.3) is 10.2 Å². The molecule has 0 saturated heterocycles. The Labute approximate surface area is 66.6 Å². The molecule has 1 heterocycles. The minimum atomic E-state index is 0.709. The van der Waals surface area contributed by atoms with E-state index in [1.807, 2.05) is 12.1 Å². The van der Waals surface area contributed by atoms with E-state index in [-0.39, 0.29) is 0 Å². The van der Waals surface area contributed by atoms with E-state index >= 15 is 0 Å². The predicted octanol–water partition coefficient (Wildman–Crippen LogP) is 2.34. The van der Waals surface area contributed by atoms with Crippen molar-refractivity contribution >= 4 is 33.4 Å². The summed E-state index contributed by atoms with van der Waals surface area (Å²) in [5.41, 5.74) is 0.873. The molecule has 0 aliphatic carbocycles. The first-order valence-electron chi connectivity index (χ1n) is 2.74. The summed E-state index contributed by atoms with van der Waals surface area (Å²) in [5, 5.41) is 4.57. The van der Waals surface area contributed by atoms with Gasteiger partial charge in [-0.25, -0.2) is 0 Å². The van der Waals surface area contributed by atoms with Crippen LogP contribution in [-0.2, 0) is 0 Å². The summed E-state index contributed by atoms with van der Waals surface area (Å²) < 4.78 is 4.85. The SMILES string of the molecule is Clc1ccc2snnc2c1. The molecular weight excluding hydrogens is 168 g/mol. The van der Waals surface area contributed by atoms with Gasteiger partial charge in [0, 0.05) is 5.02 Å². The number of nitrogens with zero attached hydrogens (tertiary/aromatic N) is 2. The lowest BCUT2D eigenvalue weighted by atomic mass is 10.3. The summed E-state index contributed by atoms with van der Waals surface area (Å²) in [6.07, 6.45) is 0. The summed E-state index contributed by atoms with van der Waals surface area (Å²) in [6, 6.07) is 5.56. The van der Waals surface area contributed by atoms with Gasteiger partial charge in [-0.1, -0.05) is 16.1 Å². The van der Waals surface area contributed by atoms with Crippen molar-refractivity contribution in [3.8, 4) is 0 Å². The fraction of sp³-hybridized carbons (Fsp3) is 0. The van der Waals surface area contributed by atoms with Gasteiger partial charge < -0.3 is 0 Å². The highest BCUT2D eigenvalue weighted by Gasteiger charge is 1.96. The zero-order valence-corrected chi connectivity index (χ0v) is 6.49. The molecule has 10 heavy (non-hydrogen) atoms. The molecule has 0 atom stereocenters. The van der Waals surface area contributed by atoms with Crippen molar-refractivity contribution in [2.75, 3.05) is 0 Å². The maximum Gasteiger partial charge on any atom is 0.107 e. The molecule has 0 fully saturated rings. The van der Waals surface area contributed by atoms with Crippen LogP contribution < -0.4 is 0 Å². The lowest BCUT2D eigenvalue weighted by Gasteiger charge is -1.85. The minimum Gasteiger partial charge on any atom is -0.138 e. The van der Waals surface area contributed by atoms with Gasteiger partial charge in [-0.3, -0.25) is 0 Å². The Morgan fingerprint density at radius 3 is 3.20 bits per heavy atom. The number of halogens is 1. The molecule has 0 bridgehead atoms. The molecule has 0 N–H and O–H groups in total. The maximum atomic E-state index is 5.71. The smallest absolute Gasteiger partial charge is 0.107 e. The molecule has 0 saturated carbocycles. The van der Waals surface area contributed by atoms with Crippen molar-refractivity contribution in [1.82, 2.24) is 9.59 Å². The van der Waals surface area contributed by atoms with Gasteiger partial charge in [0.1, 0.15) is 5.52 Å². The summed E-state index contributed by atoms with van der Waals surface area (Å²) in [6.45, 7) is 0. The Hall–Kier alpha value is -0.670. The first-order valence-corrected chi connectivity index (χ1v) is 3.89. The molecule has 0 aliphatic heterocycles. The van der Waals surface area contributed by atoms with Gasteiger partial charge in [-0.05, 0) is 29.7 Å². The Morgan fingerprint density at radius 1 is 1.40 bits per heavy atom. The lowest BCUT2D eigenvalue weighted by molar-refractivity contribution is 1.20. The minimum absolute atomic E-state index is 0.709. The predicted molar refractivity (Wildman–Crippen MR) is 42.4 cm³/mol. The number of hydrogen-bond donors (Lipinski definition) is 0. The molecule has 1 aromatic carbocycles. The van der Waals surface area contributed by atoms with Gasteiger partial charge >= 0.3 is 0 Å². The second-order valence-electron chi connectivity index (χ2n) is 1.88. The van der Waals surface area contributed by atoms with Crippen molar-refractivity contribution in [3.05, 3.63) is 23.2 Å². The molecule has 2 nitrogen and oxygen atoms in total. The van der Waals surface area contributed by atoms with Gasteiger partial charge in [0.05, 0.1) is 4.70 Å². The zero-order chi connectivity index (χ0) is 6.97. The molecule has 0 unspecified atom stereocenters. The lowest BCUT2D eigenvalue weighted by Crippen LogP contribution is -1.66. The molecule has 0 spiro atoms. The van der Waals surface area contributed by atoms with E-state index < -0.39 is 0 Å². The molecule has 0 amide bonds. The topological polar surface area (TPSA) is 25.8 Å². The quantitative estimate of drug-likeness (QED) is 0.607. The van der Waals surface area contributed by atoms with E-state index in [1.54, 1.807) is 6.07 Å². The van der Waals surface area contributed by atoms with Crippen LogP contribution in [-0.4, -0.2) is 9.59 Å². The maximum absolute atomic E-state index is 5.71. The third kappa shape index (κ3) is 0.874. The second-order valence-corrected chi connectivity index (χ2v) is 3.11. The Bertz CT molecular complexity index is 357. The number of benzene rings is 1. The number of rotatable bonds is 0. The van der Waals surface area contributed by atoms with Crippen LogP contribution in [0, 0.1) is 0 Å². The monoisotopic (exact) mass is 170 g/mol. The van der Waals surface area contributed by atoms with Crippen LogP contribution in [0.1, 0.15) is 0 Å². The van der Waals surface area contributed by atoms with Crippen molar-refractivity contribution in [2.24, 2.45) is 0 Å². The standard InChI is InChI=1S/C6H3ClN2S/c7-4-1-2-6-5(3-4)8-9-10-6/h1-3H. The van der Waals surface area contributed by atoms with Gasteiger partial charge in [0.15, 0.2) is 0 Å². The van der Waals surface area contributed by atoms with Crippen LogP contribution in [0.15, 0.2) is 18.2 Å². The normalized spacial score (nSPS) is 10.5. The van der Waals surface area contributed by atoms with Crippen LogP contribution in [0.4, 0.5) is 0 Å². The fourth-order valence-electron chi connectivity index (χ4n) is 0.754. The van der Waals surface area contributed by atoms with Crippen LogP contribution in [0.3, 0.4) is 0 Å². The van der Waals surface area contributed by atoms with Gasteiger partial charge in [0.25, 0.3) is 0 Å². The second kappa shape index (κ2) is 2.18. The van der Waals surface area contributed by atoms with Crippen molar-refractivity contribution in [3.63, 3.8) is 0 Å². The average Bonchev–Trinajstić information content (AvgIpc) is 2.33. The van der Waals surface area contributed by atoms with Crippen molar-refractivity contribution in [1.29, 1.82) is 0 Å². The number of fused-ring (bicyclic) bond motifs is 1. The largest absolute Gasteiger partial charge is 0.138 e. The first-order chi connectivity index (χ1) is 4.86. The summed E-state index contributed by atoms with van der Waals surface area (Å²) in [7, 11) is 0. The summed E-state index contributed by atoms with van der Waals surface area (Å²) >= 11 is 7.09. The molecule has 0 radical (unpaired) electrons. The third-order valence-corrected chi connectivity index (χ3v) is 2.15. The molecule has 4 heteroatoms. The Kier molecular flexibility index (Phi) is 1.32. The van der Waals surface area contributed by atoms with E-state index in [0.717, 1.165) is 10.2 Å². The van der Waals surface area contributed by atoms with Crippen LogP contribution in [0.2, 0.25) is 5.02 Å². The molecule has 2 rings (SSSR count). The molecule has 0 aliphatic rings. The van der Waals surface area contributed by atoms with Crippen LogP contribution in [0.5, 0.6) is 0 Å². The first kappa shape index (κ1) is 6.07. The summed E-state index contributed by atoms with van der Waals surface area (Å²) in [5.74, 6) is 0. The van der Waals surface area contributed by atoms with Crippen LogP contribution >= 0.6 is 23.1 Å². The molecule has 1 aromatic heterocycles. The fourth-order valence-corrected chi connectivity index (χ4v) is 1.46. The Balaban J connectivity index is 2.86. The van der Waals surface area contributed by atoms with E-state index in [4.69, 9.17) is 11.6 Å². The number of hydrogen-bond acceptors (Lipinski definition) is 3. The highest BCUT2D eigenvalue weighted by atomic mass is 35.5. The molecular formula is C6H3ClN2S. The van der Waals surface area contributed by atoms with E-state index in [0.29, 0.717) is 5.02 Å². The van der Waals surface area contributed by atoms with Gasteiger partial charge in [0.2, 0.25) is 0 Å². The average molecular weight is 171 g/mol. The summed E-state index contributed by atoms with van der Waals surface area (Å²) in [4.78, 5) is 0. The van der Waals surface area contributed by atoms with E-state index in [9.17, 15) is 0 Å². The highest BCUT2D eigenvalue weighted by Crippen LogP contribution is 2.19. The van der Waals surface area contributed by atoms with Crippen molar-refractivity contribution in [2.45, 2.75) is 0 Å². The van der Waals surface area contributed by atoms with Crippen molar-refractivity contribution < 1.29 is 0 Å². The zero-order valence-electron chi connectivity index (χ0n) is 4.91.